The van der Waals surface area contributed by atoms with E-state index < -0.39 is 0 Å². The number of nitrogens with one attached hydrogen (secondary N) is 1. The third-order valence-corrected chi connectivity index (χ3v) is 4.04. The number of hydrogen-bond acceptors (Lipinski definition) is 3. The number of rotatable bonds is 7. The molecule has 0 saturated carbocycles. The lowest BCUT2D eigenvalue weighted by Gasteiger charge is -2.28. The van der Waals surface area contributed by atoms with Gasteiger partial charge in [0.1, 0.15) is 0 Å². The maximum atomic E-state index is 6.25. The summed E-state index contributed by atoms with van der Waals surface area (Å²) in [7, 11) is 0. The molecule has 3 N–H and O–H groups in total. The van der Waals surface area contributed by atoms with Crippen LogP contribution in [0.25, 0.3) is 0 Å². The summed E-state index contributed by atoms with van der Waals surface area (Å²) in [5.74, 6) is 0.683. The van der Waals surface area contributed by atoms with Crippen LogP contribution in [-0.4, -0.2) is 31.3 Å². The summed E-state index contributed by atoms with van der Waals surface area (Å²) in [5.41, 5.74) is 6.23. The Bertz CT molecular complexity index is 192. The molecule has 3 heteroatoms. The molecule has 0 bridgehead atoms. The molecule has 1 rings (SSSR count). The molecule has 2 atom stereocenters. The fourth-order valence-corrected chi connectivity index (χ4v) is 2.38. The average molecular weight is 228 g/mol. The van der Waals surface area contributed by atoms with E-state index in [1.807, 2.05) is 0 Å². The molecule has 1 aliphatic heterocycles. The van der Waals surface area contributed by atoms with E-state index in [0.717, 1.165) is 39.0 Å². The molecule has 1 fully saturated rings. The zero-order valence-electron chi connectivity index (χ0n) is 11.1. The molecule has 0 spiro atoms. The second kappa shape index (κ2) is 6.58. The van der Waals surface area contributed by atoms with Crippen molar-refractivity contribution >= 4 is 0 Å². The first kappa shape index (κ1) is 13.9. The normalized spacial score (nSPS) is 26.2. The maximum absolute atomic E-state index is 6.25. The van der Waals surface area contributed by atoms with E-state index >= 15 is 0 Å². The molecular weight excluding hydrogens is 200 g/mol. The second-order valence-electron chi connectivity index (χ2n) is 5.07. The monoisotopic (exact) mass is 228 g/mol. The number of ether oxygens (including phenoxy) is 1. The Hall–Kier alpha value is -0.120. The molecule has 0 radical (unpaired) electrons. The van der Waals surface area contributed by atoms with Crippen molar-refractivity contribution in [3.63, 3.8) is 0 Å². The maximum Gasteiger partial charge on any atom is 0.0613 e. The molecule has 1 saturated heterocycles. The standard InChI is InChI=1S/C13H28N2O/c1-4-12-11(7-8-16-12)9-15-10-13(14,5-2)6-3/h11-12,15H,4-10,14H2,1-3H3. The highest BCUT2D eigenvalue weighted by Gasteiger charge is 2.27. The molecule has 1 heterocycles. The second-order valence-corrected chi connectivity index (χ2v) is 5.07. The Morgan fingerprint density at radius 1 is 1.31 bits per heavy atom. The van der Waals surface area contributed by atoms with Crippen LogP contribution >= 0.6 is 0 Å². The first-order valence-electron chi connectivity index (χ1n) is 6.76. The van der Waals surface area contributed by atoms with Crippen LogP contribution in [0.1, 0.15) is 46.5 Å². The summed E-state index contributed by atoms with van der Waals surface area (Å²) in [6.45, 7) is 9.44. The number of hydrogen-bond donors (Lipinski definition) is 2. The fraction of sp³-hybridized carbons (Fsp3) is 1.00. The Balaban J connectivity index is 2.24. The summed E-state index contributed by atoms with van der Waals surface area (Å²) in [5, 5.41) is 3.53. The van der Waals surface area contributed by atoms with Crippen molar-refractivity contribution < 1.29 is 4.74 Å². The van der Waals surface area contributed by atoms with Crippen molar-refractivity contribution in [2.75, 3.05) is 19.7 Å². The van der Waals surface area contributed by atoms with Crippen molar-refractivity contribution in [2.24, 2.45) is 11.7 Å². The molecule has 0 amide bonds. The lowest BCUT2D eigenvalue weighted by atomic mass is 9.93. The molecule has 2 unspecified atom stereocenters. The van der Waals surface area contributed by atoms with Crippen LogP contribution in [0.5, 0.6) is 0 Å². The van der Waals surface area contributed by atoms with Crippen molar-refractivity contribution in [1.82, 2.24) is 5.32 Å². The van der Waals surface area contributed by atoms with Crippen molar-refractivity contribution in [3.05, 3.63) is 0 Å². The first-order valence-corrected chi connectivity index (χ1v) is 6.76. The number of nitrogens with two attached hydrogens (primary N) is 1. The largest absolute Gasteiger partial charge is 0.378 e. The van der Waals surface area contributed by atoms with Gasteiger partial charge in [-0.1, -0.05) is 20.8 Å². The van der Waals surface area contributed by atoms with E-state index in [-0.39, 0.29) is 5.54 Å². The summed E-state index contributed by atoms with van der Waals surface area (Å²) >= 11 is 0. The van der Waals surface area contributed by atoms with Crippen LogP contribution in [0, 0.1) is 5.92 Å². The van der Waals surface area contributed by atoms with Crippen LogP contribution in [0.15, 0.2) is 0 Å². The van der Waals surface area contributed by atoms with Gasteiger partial charge in [0.2, 0.25) is 0 Å². The average Bonchev–Trinajstić information content (AvgIpc) is 2.76. The molecular formula is C13H28N2O. The summed E-state index contributed by atoms with van der Waals surface area (Å²) in [6, 6.07) is 0. The van der Waals surface area contributed by atoms with E-state index in [0.29, 0.717) is 12.0 Å². The third-order valence-electron chi connectivity index (χ3n) is 4.04. The van der Waals surface area contributed by atoms with Gasteiger partial charge in [0.15, 0.2) is 0 Å². The fourth-order valence-electron chi connectivity index (χ4n) is 2.38. The quantitative estimate of drug-likeness (QED) is 0.700. The van der Waals surface area contributed by atoms with Gasteiger partial charge in [0.05, 0.1) is 6.10 Å². The van der Waals surface area contributed by atoms with Gasteiger partial charge in [-0.2, -0.15) is 0 Å². The van der Waals surface area contributed by atoms with Crippen LogP contribution in [0.3, 0.4) is 0 Å². The van der Waals surface area contributed by atoms with Crippen molar-refractivity contribution in [1.29, 1.82) is 0 Å². The van der Waals surface area contributed by atoms with Crippen LogP contribution < -0.4 is 11.1 Å². The smallest absolute Gasteiger partial charge is 0.0613 e. The Morgan fingerprint density at radius 3 is 2.56 bits per heavy atom. The van der Waals surface area contributed by atoms with Crippen LogP contribution in [-0.2, 0) is 4.74 Å². The molecule has 3 nitrogen and oxygen atoms in total. The van der Waals surface area contributed by atoms with Crippen LogP contribution in [0.2, 0.25) is 0 Å². The highest BCUT2D eigenvalue weighted by atomic mass is 16.5. The van der Waals surface area contributed by atoms with Crippen LogP contribution in [0.4, 0.5) is 0 Å². The molecule has 1 aliphatic rings. The molecule has 16 heavy (non-hydrogen) atoms. The van der Waals surface area contributed by atoms with E-state index in [1.165, 1.54) is 6.42 Å². The van der Waals surface area contributed by atoms with Gasteiger partial charge in [-0.15, -0.1) is 0 Å². The lowest BCUT2D eigenvalue weighted by Crippen LogP contribution is -2.49. The van der Waals surface area contributed by atoms with E-state index in [2.05, 4.69) is 26.1 Å². The predicted octanol–water partition coefficient (Wildman–Crippen LogP) is 1.91. The van der Waals surface area contributed by atoms with E-state index in [9.17, 15) is 0 Å². The predicted molar refractivity (Wildman–Crippen MR) is 68.5 cm³/mol. The summed E-state index contributed by atoms with van der Waals surface area (Å²) < 4.78 is 5.68. The van der Waals surface area contributed by atoms with Gasteiger partial charge in [-0.05, 0) is 31.6 Å². The third kappa shape index (κ3) is 3.72. The molecule has 0 aromatic carbocycles. The molecule has 96 valence electrons. The molecule has 0 aromatic rings. The topological polar surface area (TPSA) is 47.3 Å². The van der Waals surface area contributed by atoms with Gasteiger partial charge in [0, 0.05) is 25.2 Å². The zero-order chi connectivity index (χ0) is 12.0. The van der Waals surface area contributed by atoms with Gasteiger partial charge in [-0.25, -0.2) is 0 Å². The van der Waals surface area contributed by atoms with E-state index in [1.54, 1.807) is 0 Å². The lowest BCUT2D eigenvalue weighted by molar-refractivity contribution is 0.0868. The minimum absolute atomic E-state index is 0.0266. The SMILES string of the molecule is CCC1OCCC1CNCC(N)(CC)CC. The Labute approximate surface area is 100 Å². The Kier molecular flexibility index (Phi) is 5.73. The molecule has 0 aromatic heterocycles. The summed E-state index contributed by atoms with van der Waals surface area (Å²) in [4.78, 5) is 0. The van der Waals surface area contributed by atoms with Crippen molar-refractivity contribution in [3.8, 4) is 0 Å². The molecule has 0 aliphatic carbocycles. The summed E-state index contributed by atoms with van der Waals surface area (Å²) in [6.07, 6.45) is 4.86. The Morgan fingerprint density at radius 2 is 2.00 bits per heavy atom. The van der Waals surface area contributed by atoms with Gasteiger partial charge >= 0.3 is 0 Å². The van der Waals surface area contributed by atoms with Gasteiger partial charge in [-0.3, -0.25) is 0 Å². The van der Waals surface area contributed by atoms with Crippen molar-refractivity contribution in [2.45, 2.75) is 58.1 Å². The van der Waals surface area contributed by atoms with Gasteiger partial charge < -0.3 is 15.8 Å². The highest BCUT2D eigenvalue weighted by Crippen LogP contribution is 2.22. The zero-order valence-corrected chi connectivity index (χ0v) is 11.1. The highest BCUT2D eigenvalue weighted by molar-refractivity contribution is 4.85. The van der Waals surface area contributed by atoms with E-state index in [4.69, 9.17) is 10.5 Å². The first-order chi connectivity index (χ1) is 7.65. The minimum Gasteiger partial charge on any atom is -0.378 e. The van der Waals surface area contributed by atoms with Gasteiger partial charge in [0.25, 0.3) is 0 Å². The minimum atomic E-state index is -0.0266.